The van der Waals surface area contributed by atoms with Crippen LogP contribution < -0.4 is 10.5 Å². The quantitative estimate of drug-likeness (QED) is 0.854. The third kappa shape index (κ3) is 3.70. The Hall–Kier alpha value is -1.55. The van der Waals surface area contributed by atoms with Crippen molar-refractivity contribution in [3.8, 4) is 5.75 Å². The highest BCUT2D eigenvalue weighted by molar-refractivity contribution is 5.78. The lowest BCUT2D eigenvalue weighted by Gasteiger charge is -2.16. The summed E-state index contributed by atoms with van der Waals surface area (Å²) in [5.74, 6) is 0.751. The van der Waals surface area contributed by atoms with Gasteiger partial charge in [-0.15, -0.1) is 0 Å². The summed E-state index contributed by atoms with van der Waals surface area (Å²) in [6.07, 6.45) is 3.14. The molecule has 1 fully saturated rings. The molecule has 1 amide bonds. The van der Waals surface area contributed by atoms with Crippen molar-refractivity contribution in [2.75, 3.05) is 13.7 Å². The number of rotatable bonds is 6. The van der Waals surface area contributed by atoms with Gasteiger partial charge in [0, 0.05) is 19.1 Å². The van der Waals surface area contributed by atoms with Gasteiger partial charge in [-0.2, -0.15) is 0 Å². The van der Waals surface area contributed by atoms with Crippen LogP contribution in [-0.2, 0) is 4.79 Å². The molecular weight excluding hydrogens is 240 g/mol. The van der Waals surface area contributed by atoms with Crippen LogP contribution in [0.4, 0.5) is 0 Å². The van der Waals surface area contributed by atoms with Gasteiger partial charge in [0.15, 0.2) is 6.61 Å². The molecule has 104 valence electrons. The number of benzene rings is 1. The number of carbonyl (C=O) groups excluding carboxylic acids is 1. The normalized spacial score (nSPS) is 15.9. The van der Waals surface area contributed by atoms with Crippen molar-refractivity contribution >= 4 is 5.91 Å². The summed E-state index contributed by atoms with van der Waals surface area (Å²) < 4.78 is 5.50. The van der Waals surface area contributed by atoms with Crippen LogP contribution in [0.1, 0.15) is 37.8 Å². The Balaban J connectivity index is 1.84. The Morgan fingerprint density at radius 2 is 2.05 bits per heavy atom. The average molecular weight is 262 g/mol. The number of likely N-dealkylation sites (N-methyl/N-ethyl adjacent to an activating group) is 1. The molecule has 4 nitrogen and oxygen atoms in total. The molecule has 0 aromatic heterocycles. The van der Waals surface area contributed by atoms with E-state index in [-0.39, 0.29) is 18.6 Å². The Bertz CT molecular complexity index is 426. The van der Waals surface area contributed by atoms with Gasteiger partial charge in [0.05, 0.1) is 0 Å². The molecule has 0 spiro atoms. The second-order valence-electron chi connectivity index (χ2n) is 5.11. The lowest BCUT2D eigenvalue weighted by Crippen LogP contribution is -2.33. The van der Waals surface area contributed by atoms with Crippen LogP contribution in [0.3, 0.4) is 0 Å². The standard InChI is InChI=1S/C15H22N2O2/c1-3-14(16)11-4-8-13(9-5-11)19-10-15(18)17(2)12-6-7-12/h4-5,8-9,12,14H,3,6-7,10,16H2,1-2H3/t14-/m1/s1. The van der Waals surface area contributed by atoms with Crippen molar-refractivity contribution in [2.24, 2.45) is 5.73 Å². The molecule has 0 radical (unpaired) electrons. The second-order valence-corrected chi connectivity index (χ2v) is 5.11. The van der Waals surface area contributed by atoms with Crippen molar-refractivity contribution in [1.29, 1.82) is 0 Å². The lowest BCUT2D eigenvalue weighted by atomic mass is 10.1. The average Bonchev–Trinajstić information content (AvgIpc) is 3.28. The minimum atomic E-state index is 0.0387. The van der Waals surface area contributed by atoms with Crippen LogP contribution in [-0.4, -0.2) is 30.5 Å². The van der Waals surface area contributed by atoms with Crippen LogP contribution in [0.5, 0.6) is 5.75 Å². The summed E-state index contributed by atoms with van der Waals surface area (Å²) in [5.41, 5.74) is 7.04. The van der Waals surface area contributed by atoms with Gasteiger partial charge in [0.2, 0.25) is 0 Å². The maximum atomic E-state index is 11.8. The van der Waals surface area contributed by atoms with Crippen LogP contribution in [0.2, 0.25) is 0 Å². The minimum absolute atomic E-state index is 0.0387. The number of amides is 1. The first kappa shape index (κ1) is 13.9. The van der Waals surface area contributed by atoms with Gasteiger partial charge in [-0.3, -0.25) is 4.79 Å². The van der Waals surface area contributed by atoms with E-state index in [4.69, 9.17) is 10.5 Å². The number of hydrogen-bond donors (Lipinski definition) is 1. The molecule has 0 heterocycles. The zero-order valence-electron chi connectivity index (χ0n) is 11.6. The Kier molecular flexibility index (Phi) is 4.43. The second kappa shape index (κ2) is 6.06. The van der Waals surface area contributed by atoms with Gasteiger partial charge >= 0.3 is 0 Å². The topological polar surface area (TPSA) is 55.6 Å². The summed E-state index contributed by atoms with van der Waals surface area (Å²) in [4.78, 5) is 13.6. The molecule has 2 rings (SSSR count). The summed E-state index contributed by atoms with van der Waals surface area (Å²) >= 11 is 0. The molecular formula is C15H22N2O2. The fourth-order valence-electron chi connectivity index (χ4n) is 1.96. The third-order valence-electron chi connectivity index (χ3n) is 3.60. The smallest absolute Gasteiger partial charge is 0.260 e. The number of nitrogens with two attached hydrogens (primary N) is 1. The zero-order chi connectivity index (χ0) is 13.8. The predicted octanol–water partition coefficient (Wildman–Crippen LogP) is 2.10. The Morgan fingerprint density at radius 1 is 1.42 bits per heavy atom. The Morgan fingerprint density at radius 3 is 2.58 bits per heavy atom. The summed E-state index contributed by atoms with van der Waals surface area (Å²) in [5, 5.41) is 0. The van der Waals surface area contributed by atoms with Crippen molar-refractivity contribution < 1.29 is 9.53 Å². The summed E-state index contributed by atoms with van der Waals surface area (Å²) in [7, 11) is 1.84. The predicted molar refractivity (Wildman–Crippen MR) is 74.9 cm³/mol. The van der Waals surface area contributed by atoms with Gasteiger partial charge in [0.1, 0.15) is 5.75 Å². The summed E-state index contributed by atoms with van der Waals surface area (Å²) in [6.45, 7) is 2.16. The Labute approximate surface area is 114 Å². The molecule has 4 heteroatoms. The molecule has 2 N–H and O–H groups in total. The van der Waals surface area contributed by atoms with Gasteiger partial charge in [-0.05, 0) is 37.0 Å². The van der Waals surface area contributed by atoms with Crippen molar-refractivity contribution in [2.45, 2.75) is 38.3 Å². The molecule has 0 bridgehead atoms. The number of hydrogen-bond acceptors (Lipinski definition) is 3. The van der Waals surface area contributed by atoms with E-state index >= 15 is 0 Å². The van der Waals surface area contributed by atoms with Crippen LogP contribution in [0.25, 0.3) is 0 Å². The molecule has 1 aromatic carbocycles. The van der Waals surface area contributed by atoms with Crippen molar-refractivity contribution in [3.05, 3.63) is 29.8 Å². The maximum absolute atomic E-state index is 11.8. The van der Waals surface area contributed by atoms with Gasteiger partial charge in [0.25, 0.3) is 5.91 Å². The first-order valence-corrected chi connectivity index (χ1v) is 6.85. The van der Waals surface area contributed by atoms with E-state index in [1.807, 2.05) is 31.3 Å². The maximum Gasteiger partial charge on any atom is 0.260 e. The number of ether oxygens (including phenoxy) is 1. The summed E-state index contributed by atoms with van der Waals surface area (Å²) in [6, 6.07) is 8.15. The van der Waals surface area contributed by atoms with Crippen molar-refractivity contribution in [3.63, 3.8) is 0 Å². The fraction of sp³-hybridized carbons (Fsp3) is 0.533. The molecule has 0 saturated heterocycles. The molecule has 0 unspecified atom stereocenters. The van der Waals surface area contributed by atoms with Crippen LogP contribution in [0.15, 0.2) is 24.3 Å². The van der Waals surface area contributed by atoms with E-state index in [0.717, 1.165) is 24.8 Å². The first-order chi connectivity index (χ1) is 9.11. The van der Waals surface area contributed by atoms with E-state index in [2.05, 4.69) is 6.92 Å². The van der Waals surface area contributed by atoms with E-state index in [0.29, 0.717) is 11.8 Å². The molecule has 1 aromatic rings. The minimum Gasteiger partial charge on any atom is -0.484 e. The molecule has 1 aliphatic rings. The highest BCUT2D eigenvalue weighted by Gasteiger charge is 2.29. The fourth-order valence-corrected chi connectivity index (χ4v) is 1.96. The largest absolute Gasteiger partial charge is 0.484 e. The molecule has 1 atom stereocenters. The zero-order valence-corrected chi connectivity index (χ0v) is 11.6. The third-order valence-corrected chi connectivity index (χ3v) is 3.60. The van der Waals surface area contributed by atoms with E-state index in [1.165, 1.54) is 0 Å². The highest BCUT2D eigenvalue weighted by Crippen LogP contribution is 2.25. The van der Waals surface area contributed by atoms with Gasteiger partial charge < -0.3 is 15.4 Å². The van der Waals surface area contributed by atoms with Crippen molar-refractivity contribution in [1.82, 2.24) is 4.90 Å². The van der Waals surface area contributed by atoms with Crippen LogP contribution in [0, 0.1) is 0 Å². The molecule has 1 saturated carbocycles. The number of carbonyl (C=O) groups is 1. The van der Waals surface area contributed by atoms with E-state index in [1.54, 1.807) is 4.90 Å². The molecule has 19 heavy (non-hydrogen) atoms. The monoisotopic (exact) mass is 262 g/mol. The molecule has 1 aliphatic carbocycles. The number of nitrogens with zero attached hydrogens (tertiary/aromatic N) is 1. The van der Waals surface area contributed by atoms with Gasteiger partial charge in [-0.1, -0.05) is 19.1 Å². The van der Waals surface area contributed by atoms with E-state index < -0.39 is 0 Å². The molecule has 0 aliphatic heterocycles. The van der Waals surface area contributed by atoms with E-state index in [9.17, 15) is 4.79 Å². The first-order valence-electron chi connectivity index (χ1n) is 6.85. The van der Waals surface area contributed by atoms with Crippen LogP contribution >= 0.6 is 0 Å². The lowest BCUT2D eigenvalue weighted by molar-refractivity contribution is -0.132. The van der Waals surface area contributed by atoms with Gasteiger partial charge in [-0.25, -0.2) is 0 Å². The highest BCUT2D eigenvalue weighted by atomic mass is 16.5. The SMILES string of the molecule is CC[C@@H](N)c1ccc(OCC(=O)N(C)C2CC2)cc1.